The molecule has 0 unspecified atom stereocenters. The molecule has 1 aromatic heterocycles. The van der Waals surface area contributed by atoms with Crippen LogP contribution in [0, 0.1) is 24.6 Å². The molecular weight excluding hydrogens is 405 g/mol. The third kappa shape index (κ3) is 5.19. The fourth-order valence-electron chi connectivity index (χ4n) is 3.77. The van der Waals surface area contributed by atoms with E-state index in [4.69, 9.17) is 0 Å². The number of nitrogens with one attached hydrogen (secondary N) is 1. The minimum atomic E-state index is -0.499. The summed E-state index contributed by atoms with van der Waals surface area (Å²) in [5, 5.41) is 13.1. The summed E-state index contributed by atoms with van der Waals surface area (Å²) in [4.78, 5) is 21.3. The van der Waals surface area contributed by atoms with Gasteiger partial charge in [0.15, 0.2) is 0 Å². The smallest absolute Gasteiger partial charge is 0.251 e. The molecule has 2 N–H and O–H groups in total. The average molecular weight is 429 g/mol. The maximum atomic E-state index is 13.5. The van der Waals surface area contributed by atoms with Gasteiger partial charge in [0.05, 0.1) is 30.2 Å². The number of aromatic nitrogens is 2. The molecule has 1 heterocycles. The minimum absolute atomic E-state index is 0.215. The van der Waals surface area contributed by atoms with Crippen LogP contribution in [-0.2, 0) is 0 Å². The van der Waals surface area contributed by atoms with Crippen molar-refractivity contribution in [3.8, 4) is 23.1 Å². The zero-order valence-electron chi connectivity index (χ0n) is 17.8. The number of aryl methyl sites for hydroxylation is 1. The van der Waals surface area contributed by atoms with Gasteiger partial charge >= 0.3 is 0 Å². The van der Waals surface area contributed by atoms with Gasteiger partial charge in [0, 0.05) is 16.7 Å². The van der Waals surface area contributed by atoms with Crippen molar-refractivity contribution in [2.24, 2.45) is 0 Å². The number of halogens is 1. The number of benzene rings is 2. The lowest BCUT2D eigenvalue weighted by atomic mass is 9.92. The van der Waals surface area contributed by atoms with Crippen molar-refractivity contribution in [1.29, 1.82) is 0 Å². The lowest BCUT2D eigenvalue weighted by molar-refractivity contribution is 0.0717. The van der Waals surface area contributed by atoms with Gasteiger partial charge in [-0.3, -0.25) is 9.78 Å². The Bertz CT molecular complexity index is 1200. The Kier molecular flexibility index (Phi) is 6.58. The van der Waals surface area contributed by atoms with Crippen molar-refractivity contribution in [3.63, 3.8) is 0 Å². The van der Waals surface area contributed by atoms with Crippen LogP contribution in [0.4, 0.5) is 4.39 Å². The molecule has 4 rings (SSSR count). The Morgan fingerprint density at radius 3 is 2.78 bits per heavy atom. The predicted octanol–water partition coefficient (Wildman–Crippen LogP) is 4.02. The number of amides is 1. The number of rotatable bonds is 3. The quantitative estimate of drug-likeness (QED) is 0.617. The van der Waals surface area contributed by atoms with Crippen molar-refractivity contribution < 1.29 is 14.3 Å². The summed E-state index contributed by atoms with van der Waals surface area (Å²) in [7, 11) is 0. The topological polar surface area (TPSA) is 75.1 Å². The molecule has 1 aliphatic rings. The SMILES string of the molecule is Cc1ccc(C(=O)N[C@H]2CCCC[C@@H]2O)cc1C#Cc1cncc(-c2cccc(F)c2)n1. The number of aliphatic hydroxyl groups excluding tert-OH is 1. The Balaban J connectivity index is 1.54. The first-order valence-electron chi connectivity index (χ1n) is 10.7. The van der Waals surface area contributed by atoms with Crippen molar-refractivity contribution in [2.75, 3.05) is 0 Å². The van der Waals surface area contributed by atoms with Crippen molar-refractivity contribution in [3.05, 3.63) is 83.1 Å². The fourth-order valence-corrected chi connectivity index (χ4v) is 3.77. The van der Waals surface area contributed by atoms with Crippen LogP contribution in [0.15, 0.2) is 54.9 Å². The van der Waals surface area contributed by atoms with E-state index in [2.05, 4.69) is 27.1 Å². The summed E-state index contributed by atoms with van der Waals surface area (Å²) in [6, 6.07) is 11.3. The summed E-state index contributed by atoms with van der Waals surface area (Å²) in [6.07, 6.45) is 6.10. The van der Waals surface area contributed by atoms with Crippen LogP contribution in [0.5, 0.6) is 0 Å². The molecule has 1 aliphatic carbocycles. The first-order chi connectivity index (χ1) is 15.5. The highest BCUT2D eigenvalue weighted by Gasteiger charge is 2.24. The second-order valence-electron chi connectivity index (χ2n) is 8.01. The van der Waals surface area contributed by atoms with Gasteiger partial charge in [-0.05, 0) is 55.5 Å². The van der Waals surface area contributed by atoms with E-state index < -0.39 is 6.10 Å². The van der Waals surface area contributed by atoms with E-state index in [9.17, 15) is 14.3 Å². The molecule has 1 fully saturated rings. The van der Waals surface area contributed by atoms with Gasteiger partial charge in [0.25, 0.3) is 5.91 Å². The lowest BCUT2D eigenvalue weighted by Gasteiger charge is -2.28. The molecule has 0 saturated heterocycles. The van der Waals surface area contributed by atoms with E-state index in [1.54, 1.807) is 36.7 Å². The molecular formula is C26H24FN3O2. The zero-order valence-corrected chi connectivity index (χ0v) is 17.8. The Labute approximate surface area is 186 Å². The minimum Gasteiger partial charge on any atom is -0.391 e. The number of aliphatic hydroxyl groups is 1. The van der Waals surface area contributed by atoms with Crippen molar-refractivity contribution in [2.45, 2.75) is 44.8 Å². The number of carbonyl (C=O) groups excluding carboxylic acids is 1. The average Bonchev–Trinajstić information content (AvgIpc) is 2.80. The second kappa shape index (κ2) is 9.71. The third-order valence-corrected chi connectivity index (χ3v) is 5.63. The van der Waals surface area contributed by atoms with Crippen LogP contribution in [0.2, 0.25) is 0 Å². The number of hydrogen-bond acceptors (Lipinski definition) is 4. The molecule has 6 heteroatoms. The number of nitrogens with zero attached hydrogens (tertiary/aromatic N) is 2. The Morgan fingerprint density at radius 1 is 1.12 bits per heavy atom. The van der Waals surface area contributed by atoms with E-state index in [-0.39, 0.29) is 17.8 Å². The molecule has 162 valence electrons. The third-order valence-electron chi connectivity index (χ3n) is 5.63. The molecule has 0 radical (unpaired) electrons. The van der Waals surface area contributed by atoms with Gasteiger partial charge in [-0.25, -0.2) is 9.37 Å². The molecule has 32 heavy (non-hydrogen) atoms. The van der Waals surface area contributed by atoms with Crippen molar-refractivity contribution in [1.82, 2.24) is 15.3 Å². The highest BCUT2D eigenvalue weighted by molar-refractivity contribution is 5.95. The zero-order chi connectivity index (χ0) is 22.5. The standard InChI is InChI=1S/C26H24FN3O2/c1-17-9-10-20(26(32)30-23-7-2-3-8-25(23)31)13-18(17)11-12-22-15-28-16-24(29-22)19-5-4-6-21(27)14-19/h4-6,9-10,13-16,23,25,31H,2-3,7-8H2,1H3,(H,30,32)/t23-,25-/m0/s1. The Morgan fingerprint density at radius 2 is 1.97 bits per heavy atom. The molecule has 3 aromatic rings. The van der Waals surface area contributed by atoms with Crippen LogP contribution in [0.3, 0.4) is 0 Å². The van der Waals surface area contributed by atoms with E-state index in [0.717, 1.165) is 24.8 Å². The summed E-state index contributed by atoms with van der Waals surface area (Å²) in [5.74, 6) is 5.51. The first-order valence-corrected chi connectivity index (χ1v) is 10.7. The largest absolute Gasteiger partial charge is 0.391 e. The van der Waals surface area contributed by atoms with Crippen LogP contribution < -0.4 is 5.32 Å². The van der Waals surface area contributed by atoms with Crippen LogP contribution in [0.1, 0.15) is 52.9 Å². The highest BCUT2D eigenvalue weighted by atomic mass is 19.1. The first kappa shape index (κ1) is 21.7. The number of hydrogen-bond donors (Lipinski definition) is 2. The Hall–Kier alpha value is -3.56. The normalized spacial score (nSPS) is 17.8. The van der Waals surface area contributed by atoms with Crippen LogP contribution in [0.25, 0.3) is 11.3 Å². The predicted molar refractivity (Wildman–Crippen MR) is 120 cm³/mol. The van der Waals surface area contributed by atoms with Gasteiger partial charge in [-0.1, -0.05) is 37.0 Å². The molecule has 0 aliphatic heterocycles. The summed E-state index contributed by atoms with van der Waals surface area (Å²) < 4.78 is 13.5. The molecule has 5 nitrogen and oxygen atoms in total. The van der Waals surface area contributed by atoms with Gasteiger partial charge in [0.1, 0.15) is 11.5 Å². The van der Waals surface area contributed by atoms with E-state index in [1.165, 1.54) is 12.1 Å². The highest BCUT2D eigenvalue weighted by Crippen LogP contribution is 2.20. The maximum Gasteiger partial charge on any atom is 0.251 e. The maximum absolute atomic E-state index is 13.5. The van der Waals surface area contributed by atoms with Gasteiger partial charge < -0.3 is 10.4 Å². The molecule has 1 amide bonds. The van der Waals surface area contributed by atoms with E-state index >= 15 is 0 Å². The lowest BCUT2D eigenvalue weighted by Crippen LogP contribution is -2.45. The second-order valence-corrected chi connectivity index (χ2v) is 8.01. The molecule has 2 aromatic carbocycles. The van der Waals surface area contributed by atoms with Crippen molar-refractivity contribution >= 4 is 5.91 Å². The molecule has 0 spiro atoms. The van der Waals surface area contributed by atoms with Crippen LogP contribution >= 0.6 is 0 Å². The van der Waals surface area contributed by atoms with Gasteiger partial charge in [-0.2, -0.15) is 0 Å². The summed E-state index contributed by atoms with van der Waals surface area (Å²) >= 11 is 0. The van der Waals surface area contributed by atoms with E-state index in [1.807, 2.05) is 13.0 Å². The molecule has 2 atom stereocenters. The monoisotopic (exact) mass is 429 g/mol. The number of carbonyl (C=O) groups is 1. The summed E-state index contributed by atoms with van der Waals surface area (Å²) in [6.45, 7) is 1.92. The van der Waals surface area contributed by atoms with Gasteiger partial charge in [-0.15, -0.1) is 0 Å². The molecule has 1 saturated carbocycles. The van der Waals surface area contributed by atoms with Crippen LogP contribution in [-0.4, -0.2) is 33.1 Å². The van der Waals surface area contributed by atoms with E-state index in [0.29, 0.717) is 34.5 Å². The fraction of sp³-hybridized carbons (Fsp3) is 0.269. The summed E-state index contributed by atoms with van der Waals surface area (Å²) in [5.41, 5.74) is 3.75. The molecule has 0 bridgehead atoms. The van der Waals surface area contributed by atoms with Gasteiger partial charge in [0.2, 0.25) is 0 Å².